The zero-order valence-corrected chi connectivity index (χ0v) is 42.1. The number of nitrogens with zero attached hydrogens (tertiary/aromatic N) is 1. The molecule has 2 aliphatic rings. The minimum Gasteiger partial charge on any atom is -0.508 e. The van der Waals surface area contributed by atoms with Crippen molar-refractivity contribution in [2.45, 2.75) is 114 Å². The van der Waals surface area contributed by atoms with Crippen molar-refractivity contribution in [1.29, 1.82) is 0 Å². The van der Waals surface area contributed by atoms with E-state index in [1.165, 1.54) is 24.3 Å². The lowest BCUT2D eigenvalue weighted by Gasteiger charge is -2.31. The summed E-state index contributed by atoms with van der Waals surface area (Å²) < 4.78 is 0. The summed E-state index contributed by atoms with van der Waals surface area (Å²) in [5.74, 6) is -12.2. The van der Waals surface area contributed by atoms with Crippen molar-refractivity contribution in [2.24, 2.45) is 40.7 Å². The Bertz CT molecular complexity index is 2160. The summed E-state index contributed by atoms with van der Waals surface area (Å²) in [4.78, 5) is 148. The number of rotatable bonds is 20. The molecule has 72 heavy (non-hydrogen) atoms. The summed E-state index contributed by atoms with van der Waals surface area (Å²) >= 11 is 0. The lowest BCUT2D eigenvalue weighted by molar-refractivity contribution is -0.142. The molecule has 400 valence electrons. The molecule has 1 heterocycles. The van der Waals surface area contributed by atoms with Crippen molar-refractivity contribution >= 4 is 86.6 Å². The van der Waals surface area contributed by atoms with Crippen molar-refractivity contribution in [1.82, 2.24) is 42.1 Å². The number of amides is 11. The van der Waals surface area contributed by atoms with Crippen molar-refractivity contribution in [3.05, 3.63) is 29.8 Å². The smallest absolute Gasteiger partial charge is 0.246 e. The second kappa shape index (κ2) is 28.1. The van der Waals surface area contributed by atoms with E-state index < -0.39 is 170 Å². The van der Waals surface area contributed by atoms with Gasteiger partial charge in [-0.05, 0) is 48.3 Å². The molecule has 1 unspecified atom stereocenters. The number of phenols is 1. The van der Waals surface area contributed by atoms with E-state index in [0.717, 1.165) is 26.5 Å². The lowest BCUT2D eigenvalue weighted by atomic mass is 9.96. The number of carbonyl (C=O) groups excluding carboxylic acids is 11. The molecule has 1 saturated carbocycles. The molecule has 11 amide bonds. The van der Waals surface area contributed by atoms with Crippen LogP contribution in [0.2, 0.25) is 0 Å². The van der Waals surface area contributed by atoms with Gasteiger partial charge in [0, 0.05) is 30.9 Å². The first-order valence-electron chi connectivity index (χ1n) is 23.1. The van der Waals surface area contributed by atoms with E-state index in [9.17, 15) is 68.1 Å². The third kappa shape index (κ3) is 18.4. The van der Waals surface area contributed by atoms with Crippen LogP contribution in [0, 0.1) is 17.8 Å². The first-order valence-corrected chi connectivity index (χ1v) is 25.6. The predicted molar refractivity (Wildman–Crippen MR) is 262 cm³/mol. The fourth-order valence-electron chi connectivity index (χ4n) is 7.68. The Morgan fingerprint density at radius 1 is 0.806 bits per heavy atom. The molecule has 1 aliphatic carbocycles. The number of nitrogens with one attached hydrogen (secondary N) is 7. The zero-order chi connectivity index (χ0) is 54.0. The third-order valence-electron chi connectivity index (χ3n) is 12.0. The quantitative estimate of drug-likeness (QED) is 0.0542. The van der Waals surface area contributed by atoms with Gasteiger partial charge in [-0.3, -0.25) is 52.7 Å². The van der Waals surface area contributed by atoms with Gasteiger partial charge in [0.15, 0.2) is 0 Å². The van der Waals surface area contributed by atoms with E-state index in [2.05, 4.69) is 37.2 Å². The minimum absolute atomic E-state index is 0.0687. The number of hydrogen-bond donors (Lipinski definition) is 14. The standard InChI is InChI=1S/C44H68N12O14S2/c1-5-22(4)36-41(68)50-28(10-11-32(46)60)38(65)52-30(13-33(47)61)39(66)53-31(20-72-71-19-27(45)37(64)51-29(40(67)54-36)12-23-6-8-24(58)9-7-23)42(69)56(16-25(59)18-57)17-35(63)55-44(14-26(44)21(2)3)43(70)49-15-34(48)62/h6-9,21-22,25-31,36,57-59H,5,10-20,45H2,1-4H3,(H2,46,60)(H2,47,61)(H2,48,62)(H,49,70)(H,50,68)(H,51,64)(H,52,65)(H,53,66)(H,54,67)(H,55,63)/t22-,25+,26?,27-,28-,29-,30-,31-,36-,44+/m0/s1. The number of aliphatic hydroxyl groups is 2. The zero-order valence-electron chi connectivity index (χ0n) is 40.5. The summed E-state index contributed by atoms with van der Waals surface area (Å²) in [6, 6.07) is -3.47. The first kappa shape index (κ1) is 60.1. The Hall–Kier alpha value is -6.23. The van der Waals surface area contributed by atoms with Gasteiger partial charge in [0.25, 0.3) is 0 Å². The van der Waals surface area contributed by atoms with Gasteiger partial charge in [0.05, 0.1) is 38.3 Å². The Kier molecular flexibility index (Phi) is 23.5. The highest BCUT2D eigenvalue weighted by atomic mass is 33.1. The molecule has 18 N–H and O–H groups in total. The van der Waals surface area contributed by atoms with Crippen molar-refractivity contribution < 1.29 is 68.1 Å². The van der Waals surface area contributed by atoms with Crippen LogP contribution in [0.4, 0.5) is 0 Å². The number of primary amides is 3. The molecule has 2 fully saturated rings. The molecule has 1 aliphatic heterocycles. The average molecular weight is 1050 g/mol. The van der Waals surface area contributed by atoms with Gasteiger partial charge in [0.1, 0.15) is 41.5 Å². The van der Waals surface area contributed by atoms with Crippen LogP contribution >= 0.6 is 21.6 Å². The van der Waals surface area contributed by atoms with Crippen LogP contribution in [0.1, 0.15) is 65.4 Å². The van der Waals surface area contributed by atoms with Crippen LogP contribution in [0.15, 0.2) is 24.3 Å². The van der Waals surface area contributed by atoms with Crippen molar-refractivity contribution in [3.63, 3.8) is 0 Å². The van der Waals surface area contributed by atoms with Crippen molar-refractivity contribution in [3.8, 4) is 5.75 Å². The second-order valence-corrected chi connectivity index (χ2v) is 20.7. The molecule has 1 saturated heterocycles. The van der Waals surface area contributed by atoms with Gasteiger partial charge in [-0.1, -0.05) is 67.8 Å². The molecule has 26 nitrogen and oxygen atoms in total. The monoisotopic (exact) mass is 1050 g/mol. The van der Waals surface area contributed by atoms with E-state index in [0.29, 0.717) is 12.0 Å². The van der Waals surface area contributed by atoms with Crippen LogP contribution in [-0.4, -0.2) is 171 Å². The topological polar surface area (TPSA) is 440 Å². The third-order valence-corrected chi connectivity index (χ3v) is 14.4. The maximum atomic E-state index is 14.6. The number of aromatic hydroxyl groups is 1. The Balaban J connectivity index is 2.10. The van der Waals surface area contributed by atoms with Gasteiger partial charge in [0.2, 0.25) is 65.0 Å². The summed E-state index contributed by atoms with van der Waals surface area (Å²) in [5, 5.41) is 47.7. The number of hydrogen-bond acceptors (Lipinski definition) is 17. The predicted octanol–water partition coefficient (Wildman–Crippen LogP) is -5.42. The van der Waals surface area contributed by atoms with E-state index in [-0.39, 0.29) is 36.0 Å². The molecule has 0 bridgehead atoms. The normalized spacial score (nSPS) is 25.4. The molecular weight excluding hydrogens is 985 g/mol. The van der Waals surface area contributed by atoms with Crippen LogP contribution in [-0.2, 0) is 59.2 Å². The Morgan fingerprint density at radius 3 is 1.97 bits per heavy atom. The van der Waals surface area contributed by atoms with Gasteiger partial charge in [-0.15, -0.1) is 0 Å². The van der Waals surface area contributed by atoms with Crippen molar-refractivity contribution in [2.75, 3.05) is 37.7 Å². The highest BCUT2D eigenvalue weighted by Gasteiger charge is 2.62. The number of benzene rings is 1. The Labute approximate surface area is 423 Å². The molecule has 0 radical (unpaired) electrons. The number of aliphatic hydroxyl groups excluding tert-OH is 2. The molecule has 0 spiro atoms. The van der Waals surface area contributed by atoms with Crippen LogP contribution in [0.25, 0.3) is 0 Å². The van der Waals surface area contributed by atoms with E-state index in [1.54, 1.807) is 27.7 Å². The summed E-state index contributed by atoms with van der Waals surface area (Å²) in [6.45, 7) is 3.97. The number of nitrogens with two attached hydrogens (primary N) is 4. The van der Waals surface area contributed by atoms with Crippen LogP contribution < -0.4 is 60.2 Å². The molecule has 0 aromatic heterocycles. The molecule has 1 aromatic rings. The summed E-state index contributed by atoms with van der Waals surface area (Å²) in [7, 11) is 1.84. The van der Waals surface area contributed by atoms with E-state index in [1.807, 2.05) is 0 Å². The largest absolute Gasteiger partial charge is 0.508 e. The average Bonchev–Trinajstić information content (AvgIpc) is 4.05. The maximum Gasteiger partial charge on any atom is 0.246 e. The van der Waals surface area contributed by atoms with Gasteiger partial charge >= 0.3 is 0 Å². The van der Waals surface area contributed by atoms with Gasteiger partial charge in [-0.2, -0.15) is 0 Å². The highest BCUT2D eigenvalue weighted by Crippen LogP contribution is 2.48. The molecule has 3 rings (SSSR count). The van der Waals surface area contributed by atoms with Crippen LogP contribution in [0.3, 0.4) is 0 Å². The van der Waals surface area contributed by atoms with Gasteiger partial charge in [-0.25, -0.2) is 0 Å². The number of carbonyl (C=O) groups is 11. The maximum absolute atomic E-state index is 14.6. The molecular formula is C44H68N12O14S2. The molecule has 10 atom stereocenters. The van der Waals surface area contributed by atoms with E-state index in [4.69, 9.17) is 22.9 Å². The lowest BCUT2D eigenvalue weighted by Crippen LogP contribution is -2.61. The van der Waals surface area contributed by atoms with E-state index >= 15 is 0 Å². The molecule has 28 heteroatoms. The SMILES string of the molecule is CC[C@H](C)[C@@H]1NC(=O)[C@H](Cc2ccc(O)cc2)NC(=O)[C@@H](N)CSSC[C@@H](C(=O)N(CC(=O)N[C@]2(C(=O)NCC(N)=O)CC2C(C)C)C[C@@H](O)CO)NC(=O)[C@H](CC(N)=O)NC(=O)[C@H](CCC(N)=O)NC1=O. The molecule has 1 aromatic carbocycles. The van der Waals surface area contributed by atoms with Crippen LogP contribution in [0.5, 0.6) is 5.75 Å². The highest BCUT2D eigenvalue weighted by molar-refractivity contribution is 8.76. The number of phenolic OH excluding ortho intramolecular Hbond substituents is 1. The first-order chi connectivity index (χ1) is 33.8. The fraction of sp³-hybridized carbons (Fsp3) is 0.614. The Morgan fingerprint density at radius 2 is 1.40 bits per heavy atom. The van der Waals surface area contributed by atoms with Gasteiger partial charge < -0.3 is 80.4 Å². The minimum atomic E-state index is -1.86. The second-order valence-electron chi connectivity index (χ2n) is 18.1. The summed E-state index contributed by atoms with van der Waals surface area (Å²) in [5.41, 5.74) is 21.4. The summed E-state index contributed by atoms with van der Waals surface area (Å²) in [6.07, 6.45) is -3.11. The fourth-order valence-corrected chi connectivity index (χ4v) is 9.96.